The number of carbonyl (C=O) groups is 1. The molecule has 2 atom stereocenters. The Bertz CT molecular complexity index is 467. The monoisotopic (exact) mass is 312 g/mol. The molecule has 1 fully saturated rings. The molecule has 118 valence electrons. The van der Waals surface area contributed by atoms with E-state index in [1.54, 1.807) is 0 Å². The standard InChI is InChI=1S/C14H24N4O2S/c1-9(2)13-16-12(20-17-13)5-6-15-14(19)18-7-10(3)21-11(4)8-18/h9-11H,5-8H2,1-4H3,(H,15,19)/t10-,11+. The average Bonchev–Trinajstić information content (AvgIpc) is 2.86. The van der Waals surface area contributed by atoms with Gasteiger partial charge in [-0.2, -0.15) is 16.7 Å². The summed E-state index contributed by atoms with van der Waals surface area (Å²) in [4.78, 5) is 18.3. The first-order valence-corrected chi connectivity index (χ1v) is 8.40. The lowest BCUT2D eigenvalue weighted by molar-refractivity contribution is 0.197. The predicted octanol–water partition coefficient (Wildman–Crippen LogP) is 2.27. The summed E-state index contributed by atoms with van der Waals surface area (Å²) in [7, 11) is 0. The Hall–Kier alpha value is -1.24. The minimum Gasteiger partial charge on any atom is -0.339 e. The van der Waals surface area contributed by atoms with Gasteiger partial charge in [0.1, 0.15) is 0 Å². The van der Waals surface area contributed by atoms with E-state index < -0.39 is 0 Å². The number of carbonyl (C=O) groups excluding carboxylic acids is 1. The largest absolute Gasteiger partial charge is 0.339 e. The van der Waals surface area contributed by atoms with Gasteiger partial charge in [0.25, 0.3) is 0 Å². The highest BCUT2D eigenvalue weighted by atomic mass is 32.2. The maximum Gasteiger partial charge on any atom is 0.317 e. The maximum atomic E-state index is 12.1. The van der Waals surface area contributed by atoms with Crippen molar-refractivity contribution in [1.29, 1.82) is 0 Å². The van der Waals surface area contributed by atoms with E-state index in [-0.39, 0.29) is 11.9 Å². The van der Waals surface area contributed by atoms with Crippen molar-refractivity contribution >= 4 is 17.8 Å². The van der Waals surface area contributed by atoms with Crippen molar-refractivity contribution in [3.05, 3.63) is 11.7 Å². The van der Waals surface area contributed by atoms with Gasteiger partial charge in [-0.15, -0.1) is 0 Å². The summed E-state index contributed by atoms with van der Waals surface area (Å²) in [5.74, 6) is 1.55. The fraction of sp³-hybridized carbons (Fsp3) is 0.786. The lowest BCUT2D eigenvalue weighted by Crippen LogP contribution is -2.48. The zero-order valence-corrected chi connectivity index (χ0v) is 13.9. The molecular weight excluding hydrogens is 288 g/mol. The molecule has 0 unspecified atom stereocenters. The Morgan fingerprint density at radius 1 is 1.43 bits per heavy atom. The Balaban J connectivity index is 1.76. The van der Waals surface area contributed by atoms with Gasteiger partial charge >= 0.3 is 6.03 Å². The quantitative estimate of drug-likeness (QED) is 0.923. The average molecular weight is 312 g/mol. The van der Waals surface area contributed by atoms with E-state index in [9.17, 15) is 4.79 Å². The van der Waals surface area contributed by atoms with E-state index in [2.05, 4.69) is 29.3 Å². The van der Waals surface area contributed by atoms with Crippen LogP contribution in [-0.4, -0.2) is 51.2 Å². The minimum absolute atomic E-state index is 0.00222. The molecule has 7 heteroatoms. The van der Waals surface area contributed by atoms with Crippen LogP contribution in [0.4, 0.5) is 4.79 Å². The molecule has 0 saturated carbocycles. The topological polar surface area (TPSA) is 71.3 Å². The third-order valence-corrected chi connectivity index (χ3v) is 4.55. The van der Waals surface area contributed by atoms with Crippen LogP contribution in [0.15, 0.2) is 4.52 Å². The van der Waals surface area contributed by atoms with E-state index in [1.807, 2.05) is 30.5 Å². The van der Waals surface area contributed by atoms with Crippen molar-refractivity contribution in [2.75, 3.05) is 19.6 Å². The van der Waals surface area contributed by atoms with E-state index >= 15 is 0 Å². The van der Waals surface area contributed by atoms with Crippen molar-refractivity contribution in [3.8, 4) is 0 Å². The minimum atomic E-state index is -0.00222. The summed E-state index contributed by atoms with van der Waals surface area (Å²) in [5.41, 5.74) is 0. The third-order valence-electron chi connectivity index (χ3n) is 3.32. The fourth-order valence-electron chi connectivity index (χ4n) is 2.34. The summed E-state index contributed by atoms with van der Waals surface area (Å²) in [6.07, 6.45) is 0.569. The van der Waals surface area contributed by atoms with Gasteiger partial charge in [0.05, 0.1) is 0 Å². The van der Waals surface area contributed by atoms with Crippen molar-refractivity contribution in [3.63, 3.8) is 0 Å². The van der Waals surface area contributed by atoms with Crippen LogP contribution in [0.25, 0.3) is 0 Å². The number of nitrogens with zero attached hydrogens (tertiary/aromatic N) is 3. The second-order valence-corrected chi connectivity index (χ2v) is 7.73. The van der Waals surface area contributed by atoms with Crippen LogP contribution in [0.1, 0.15) is 45.3 Å². The molecule has 0 aliphatic carbocycles. The maximum absolute atomic E-state index is 12.1. The number of urea groups is 1. The summed E-state index contributed by atoms with van der Waals surface area (Å²) >= 11 is 1.93. The van der Waals surface area contributed by atoms with Crippen molar-refractivity contribution in [2.24, 2.45) is 0 Å². The first-order valence-electron chi connectivity index (χ1n) is 7.46. The highest BCUT2D eigenvalue weighted by Crippen LogP contribution is 2.24. The zero-order valence-electron chi connectivity index (χ0n) is 13.1. The van der Waals surface area contributed by atoms with E-state index in [4.69, 9.17) is 4.52 Å². The van der Waals surface area contributed by atoms with Crippen LogP contribution < -0.4 is 5.32 Å². The Kier molecular flexibility index (Phi) is 5.50. The molecule has 6 nitrogen and oxygen atoms in total. The zero-order chi connectivity index (χ0) is 15.4. The van der Waals surface area contributed by atoms with Crippen LogP contribution in [-0.2, 0) is 6.42 Å². The molecule has 2 heterocycles. The molecule has 0 spiro atoms. The molecule has 1 aromatic rings. The third kappa shape index (κ3) is 4.62. The molecule has 21 heavy (non-hydrogen) atoms. The normalized spacial score (nSPS) is 22.6. The number of rotatable bonds is 4. The van der Waals surface area contributed by atoms with Crippen LogP contribution in [0, 0.1) is 0 Å². The van der Waals surface area contributed by atoms with Gasteiger partial charge < -0.3 is 14.7 Å². The van der Waals surface area contributed by atoms with Crippen molar-refractivity contribution in [1.82, 2.24) is 20.4 Å². The number of aromatic nitrogens is 2. The van der Waals surface area contributed by atoms with Gasteiger partial charge in [-0.1, -0.05) is 32.9 Å². The highest BCUT2D eigenvalue weighted by Gasteiger charge is 2.25. The first kappa shape index (κ1) is 16.1. The number of thioether (sulfide) groups is 1. The molecule has 1 aliphatic heterocycles. The molecular formula is C14H24N4O2S. The molecule has 2 amide bonds. The second kappa shape index (κ2) is 7.15. The highest BCUT2D eigenvalue weighted by molar-refractivity contribution is 8.00. The van der Waals surface area contributed by atoms with Gasteiger partial charge in [0.15, 0.2) is 5.82 Å². The van der Waals surface area contributed by atoms with Crippen LogP contribution >= 0.6 is 11.8 Å². The van der Waals surface area contributed by atoms with Gasteiger partial charge in [-0.05, 0) is 0 Å². The van der Waals surface area contributed by atoms with Gasteiger partial charge in [-0.3, -0.25) is 0 Å². The summed E-state index contributed by atoms with van der Waals surface area (Å²) in [5, 5.41) is 7.82. The first-order chi connectivity index (χ1) is 9.95. The number of amides is 2. The van der Waals surface area contributed by atoms with Gasteiger partial charge in [0, 0.05) is 42.5 Å². The molecule has 1 aromatic heterocycles. The van der Waals surface area contributed by atoms with Gasteiger partial charge in [-0.25, -0.2) is 4.79 Å². The molecule has 0 radical (unpaired) electrons. The van der Waals surface area contributed by atoms with Crippen LogP contribution in [0.3, 0.4) is 0 Å². The molecule has 2 rings (SSSR count). The number of hydrogen-bond acceptors (Lipinski definition) is 5. The Labute approximate surface area is 130 Å². The molecule has 0 bridgehead atoms. The SMILES string of the molecule is CC(C)c1noc(CCNC(=O)N2C[C@@H](C)S[C@@H](C)C2)n1. The molecule has 0 aromatic carbocycles. The summed E-state index contributed by atoms with van der Waals surface area (Å²) in [6, 6.07) is -0.00222. The number of hydrogen-bond donors (Lipinski definition) is 1. The Morgan fingerprint density at radius 2 is 2.10 bits per heavy atom. The fourth-order valence-corrected chi connectivity index (χ4v) is 3.66. The summed E-state index contributed by atoms with van der Waals surface area (Å²) < 4.78 is 5.16. The van der Waals surface area contributed by atoms with E-state index in [0.29, 0.717) is 35.2 Å². The predicted molar refractivity (Wildman–Crippen MR) is 83.6 cm³/mol. The Morgan fingerprint density at radius 3 is 2.67 bits per heavy atom. The lowest BCUT2D eigenvalue weighted by atomic mass is 10.2. The van der Waals surface area contributed by atoms with Crippen molar-refractivity contribution < 1.29 is 9.32 Å². The smallest absolute Gasteiger partial charge is 0.317 e. The van der Waals surface area contributed by atoms with Crippen LogP contribution in [0.2, 0.25) is 0 Å². The van der Waals surface area contributed by atoms with E-state index in [0.717, 1.165) is 13.1 Å². The van der Waals surface area contributed by atoms with Crippen LogP contribution in [0.5, 0.6) is 0 Å². The molecule has 1 aliphatic rings. The van der Waals surface area contributed by atoms with Crippen molar-refractivity contribution in [2.45, 2.75) is 50.5 Å². The number of nitrogens with one attached hydrogen (secondary N) is 1. The summed E-state index contributed by atoms with van der Waals surface area (Å²) in [6.45, 7) is 10.5. The lowest BCUT2D eigenvalue weighted by Gasteiger charge is -2.34. The van der Waals surface area contributed by atoms with Gasteiger partial charge in [0.2, 0.25) is 5.89 Å². The van der Waals surface area contributed by atoms with E-state index in [1.165, 1.54) is 0 Å². The molecule has 1 N–H and O–H groups in total. The second-order valence-electron chi connectivity index (χ2n) is 5.85. The molecule has 1 saturated heterocycles.